The molecule has 0 saturated carbocycles. The topological polar surface area (TPSA) is 126 Å². The highest BCUT2D eigenvalue weighted by Gasteiger charge is 2.30. The highest BCUT2D eigenvalue weighted by atomic mass is 16.1. The summed E-state index contributed by atoms with van der Waals surface area (Å²) in [5, 5.41) is 16.9. The molecular formula is C20H20N8O. The molecule has 29 heavy (non-hydrogen) atoms. The molecule has 3 N–H and O–H groups in total. The van der Waals surface area contributed by atoms with Gasteiger partial charge >= 0.3 is 0 Å². The van der Waals surface area contributed by atoms with Gasteiger partial charge in [0, 0.05) is 31.4 Å². The lowest BCUT2D eigenvalue weighted by Gasteiger charge is -2.25. The van der Waals surface area contributed by atoms with E-state index >= 15 is 0 Å². The van der Waals surface area contributed by atoms with E-state index in [1.807, 2.05) is 30.1 Å². The molecule has 1 aliphatic rings. The van der Waals surface area contributed by atoms with Gasteiger partial charge in [-0.2, -0.15) is 10.4 Å². The number of nitrogens with two attached hydrogens (primary N) is 1. The van der Waals surface area contributed by atoms with Gasteiger partial charge in [0.1, 0.15) is 17.9 Å². The second kappa shape index (κ2) is 7.59. The molecule has 0 spiro atoms. The summed E-state index contributed by atoms with van der Waals surface area (Å²) in [6.45, 7) is 0.702. The molecular weight excluding hydrogens is 368 g/mol. The molecule has 3 aromatic rings. The van der Waals surface area contributed by atoms with E-state index in [9.17, 15) is 10.1 Å². The Kier molecular flexibility index (Phi) is 4.83. The van der Waals surface area contributed by atoms with E-state index in [4.69, 9.17) is 5.73 Å². The Morgan fingerprint density at radius 1 is 1.31 bits per heavy atom. The molecule has 9 heteroatoms. The van der Waals surface area contributed by atoms with Crippen molar-refractivity contribution in [2.75, 3.05) is 16.8 Å². The zero-order chi connectivity index (χ0) is 20.4. The zero-order valence-corrected chi connectivity index (χ0v) is 15.9. The number of benzene rings is 1. The number of primary amides is 1. The predicted octanol–water partition coefficient (Wildman–Crippen LogP) is 1.95. The molecule has 1 aliphatic heterocycles. The van der Waals surface area contributed by atoms with Gasteiger partial charge in [-0.3, -0.25) is 9.48 Å². The number of hydrogen-bond donors (Lipinski definition) is 2. The zero-order valence-electron chi connectivity index (χ0n) is 15.9. The summed E-state index contributed by atoms with van der Waals surface area (Å²) in [6, 6.07) is 11.0. The van der Waals surface area contributed by atoms with Crippen LogP contribution in [-0.4, -0.2) is 38.2 Å². The minimum atomic E-state index is -0.373. The average molecular weight is 388 g/mol. The van der Waals surface area contributed by atoms with Crippen molar-refractivity contribution >= 4 is 23.4 Å². The van der Waals surface area contributed by atoms with Crippen LogP contribution in [0, 0.1) is 11.3 Å². The first-order valence-electron chi connectivity index (χ1n) is 9.25. The second-order valence-corrected chi connectivity index (χ2v) is 6.83. The first-order valence-corrected chi connectivity index (χ1v) is 9.25. The molecule has 3 heterocycles. The van der Waals surface area contributed by atoms with E-state index < -0.39 is 0 Å². The molecule has 146 valence electrons. The molecule has 0 radical (unpaired) electrons. The van der Waals surface area contributed by atoms with E-state index in [-0.39, 0.29) is 11.9 Å². The highest BCUT2D eigenvalue weighted by Crippen LogP contribution is 2.31. The minimum Gasteiger partial charge on any atom is -0.368 e. The summed E-state index contributed by atoms with van der Waals surface area (Å²) in [6.07, 6.45) is 4.92. The van der Waals surface area contributed by atoms with Gasteiger partial charge in [0.2, 0.25) is 11.9 Å². The van der Waals surface area contributed by atoms with Crippen molar-refractivity contribution in [2.24, 2.45) is 12.8 Å². The molecule has 0 bridgehead atoms. The van der Waals surface area contributed by atoms with Crippen LogP contribution in [0.1, 0.15) is 18.4 Å². The lowest BCUT2D eigenvalue weighted by Crippen LogP contribution is -2.40. The fraction of sp³-hybridized carbons (Fsp3) is 0.250. The number of anilines is 3. The van der Waals surface area contributed by atoms with Crippen LogP contribution >= 0.6 is 0 Å². The molecule has 1 fully saturated rings. The number of aromatic nitrogens is 4. The first-order chi connectivity index (χ1) is 14.1. The normalized spacial score (nSPS) is 15.9. The summed E-state index contributed by atoms with van der Waals surface area (Å²) >= 11 is 0. The third kappa shape index (κ3) is 3.60. The van der Waals surface area contributed by atoms with Crippen LogP contribution in [0.15, 0.2) is 42.7 Å². The van der Waals surface area contributed by atoms with Crippen molar-refractivity contribution < 1.29 is 4.79 Å². The van der Waals surface area contributed by atoms with Crippen molar-refractivity contribution in [2.45, 2.75) is 18.9 Å². The third-order valence-corrected chi connectivity index (χ3v) is 5.02. The summed E-state index contributed by atoms with van der Waals surface area (Å²) in [5.74, 6) is 0.834. The third-order valence-electron chi connectivity index (χ3n) is 5.02. The monoisotopic (exact) mass is 388 g/mol. The molecule has 0 unspecified atom stereocenters. The van der Waals surface area contributed by atoms with Gasteiger partial charge in [0.05, 0.1) is 23.1 Å². The number of carbonyl (C=O) groups excluding carboxylic acids is 1. The van der Waals surface area contributed by atoms with Crippen molar-refractivity contribution in [1.82, 2.24) is 19.7 Å². The Labute approximate surface area is 167 Å². The van der Waals surface area contributed by atoms with Crippen molar-refractivity contribution in [3.63, 3.8) is 0 Å². The minimum absolute atomic E-state index is 0.364. The highest BCUT2D eigenvalue weighted by molar-refractivity contribution is 5.85. The smallest absolute Gasteiger partial charge is 0.240 e. The maximum absolute atomic E-state index is 11.7. The van der Waals surface area contributed by atoms with Crippen LogP contribution in [0.4, 0.5) is 17.5 Å². The van der Waals surface area contributed by atoms with Crippen LogP contribution in [0.2, 0.25) is 0 Å². The fourth-order valence-electron chi connectivity index (χ4n) is 3.58. The van der Waals surface area contributed by atoms with E-state index in [0.29, 0.717) is 30.2 Å². The molecule has 1 atom stereocenters. The number of nitriles is 1. The van der Waals surface area contributed by atoms with Gasteiger partial charge in [-0.1, -0.05) is 6.07 Å². The number of carbonyl (C=O) groups is 1. The average Bonchev–Trinajstić information content (AvgIpc) is 3.37. The summed E-state index contributed by atoms with van der Waals surface area (Å²) < 4.78 is 1.68. The fourth-order valence-corrected chi connectivity index (χ4v) is 3.58. The van der Waals surface area contributed by atoms with E-state index in [0.717, 1.165) is 23.5 Å². The summed E-state index contributed by atoms with van der Waals surface area (Å²) in [7, 11) is 1.82. The van der Waals surface area contributed by atoms with Gasteiger partial charge in [-0.05, 0) is 31.0 Å². The van der Waals surface area contributed by atoms with Crippen LogP contribution < -0.4 is 16.0 Å². The predicted molar refractivity (Wildman–Crippen MR) is 108 cm³/mol. The number of amides is 1. The number of aryl methyl sites for hydroxylation is 1. The van der Waals surface area contributed by atoms with Gasteiger partial charge in [-0.25, -0.2) is 9.97 Å². The van der Waals surface area contributed by atoms with Crippen LogP contribution in [-0.2, 0) is 11.8 Å². The number of nitrogens with zero attached hydrogens (tertiary/aromatic N) is 6. The van der Waals surface area contributed by atoms with E-state index in [1.54, 1.807) is 29.2 Å². The maximum Gasteiger partial charge on any atom is 0.240 e. The Bertz CT molecular complexity index is 1100. The Morgan fingerprint density at radius 3 is 2.90 bits per heavy atom. The van der Waals surface area contributed by atoms with Gasteiger partial charge in [0.15, 0.2) is 0 Å². The maximum atomic E-state index is 11.7. The van der Waals surface area contributed by atoms with Gasteiger partial charge < -0.3 is 16.0 Å². The second-order valence-electron chi connectivity index (χ2n) is 6.83. The van der Waals surface area contributed by atoms with E-state index in [2.05, 4.69) is 26.5 Å². The molecule has 9 nitrogen and oxygen atoms in total. The number of nitrogens with one attached hydrogen (secondary N) is 1. The van der Waals surface area contributed by atoms with Gasteiger partial charge in [-0.15, -0.1) is 0 Å². The summed E-state index contributed by atoms with van der Waals surface area (Å²) in [4.78, 5) is 22.4. The number of hydrogen-bond acceptors (Lipinski definition) is 7. The standard InChI is InChI=1S/C20H20N8O/c1-27-18(7-9-24-27)26-20-23-8-6-15(25-20)13-4-5-16(14(11-13)12-21)28-10-2-3-17(28)19(22)29/h4-9,11,17H,2-3,10H2,1H3,(H2,22,29)(H,23,25,26)/t17-/m1/s1. The van der Waals surface area contributed by atoms with Crippen LogP contribution in [0.5, 0.6) is 0 Å². The van der Waals surface area contributed by atoms with Gasteiger partial charge in [0.25, 0.3) is 0 Å². The van der Waals surface area contributed by atoms with Crippen molar-refractivity contribution in [1.29, 1.82) is 5.26 Å². The molecule has 1 aromatic carbocycles. The molecule has 0 aliphatic carbocycles. The van der Waals surface area contributed by atoms with E-state index in [1.165, 1.54) is 0 Å². The molecule has 2 aromatic heterocycles. The summed E-state index contributed by atoms with van der Waals surface area (Å²) in [5.41, 5.74) is 8.20. The number of rotatable bonds is 5. The lowest BCUT2D eigenvalue weighted by atomic mass is 10.0. The Hall–Kier alpha value is -3.93. The Balaban J connectivity index is 1.65. The van der Waals surface area contributed by atoms with Crippen LogP contribution in [0.3, 0.4) is 0 Å². The van der Waals surface area contributed by atoms with Crippen molar-refractivity contribution in [3.05, 3.63) is 48.3 Å². The quantitative estimate of drug-likeness (QED) is 0.684. The Morgan fingerprint density at radius 2 is 2.17 bits per heavy atom. The molecule has 4 rings (SSSR count). The van der Waals surface area contributed by atoms with Crippen molar-refractivity contribution in [3.8, 4) is 17.3 Å². The van der Waals surface area contributed by atoms with Crippen LogP contribution in [0.25, 0.3) is 11.3 Å². The largest absolute Gasteiger partial charge is 0.368 e. The SMILES string of the molecule is Cn1nccc1Nc1nccc(-c2ccc(N3CCC[C@@H]3C(N)=O)c(C#N)c2)n1. The molecule has 1 amide bonds. The lowest BCUT2D eigenvalue weighted by molar-refractivity contribution is -0.119. The first kappa shape index (κ1) is 18.4. The molecule has 1 saturated heterocycles.